The van der Waals surface area contributed by atoms with Gasteiger partial charge in [0.05, 0.1) is 22.4 Å². The number of hydrogen-bond acceptors (Lipinski definition) is 5. The zero-order valence-corrected chi connectivity index (χ0v) is 17.3. The summed E-state index contributed by atoms with van der Waals surface area (Å²) in [6.07, 6.45) is -4.45. The molecule has 166 valence electrons. The lowest BCUT2D eigenvalue weighted by molar-refractivity contribution is -0.137. The van der Waals surface area contributed by atoms with E-state index in [4.69, 9.17) is 11.6 Å². The molecule has 0 atom stereocenters. The number of aromatic nitrogens is 1. The molecule has 0 fully saturated rings. The van der Waals surface area contributed by atoms with Gasteiger partial charge in [0, 0.05) is 30.2 Å². The van der Waals surface area contributed by atoms with Crippen LogP contribution in [0.1, 0.15) is 29.8 Å². The number of rotatable bonds is 5. The number of anilines is 2. The molecule has 0 aliphatic heterocycles. The van der Waals surface area contributed by atoms with E-state index in [-0.39, 0.29) is 12.2 Å². The van der Waals surface area contributed by atoms with Gasteiger partial charge < -0.3 is 16.2 Å². The van der Waals surface area contributed by atoms with Crippen LogP contribution >= 0.6 is 0 Å². The van der Waals surface area contributed by atoms with Crippen LogP contribution < -0.4 is 21.9 Å². The van der Waals surface area contributed by atoms with Crippen molar-refractivity contribution in [1.82, 2.24) is 9.88 Å². The summed E-state index contributed by atoms with van der Waals surface area (Å²) in [6, 6.07) is 9.43. The first kappa shape index (κ1) is 22.4. The Morgan fingerprint density at radius 3 is 2.29 bits per heavy atom. The van der Waals surface area contributed by atoms with Gasteiger partial charge in [-0.1, -0.05) is 0 Å². The number of nitrogens with zero attached hydrogens (tertiary/aromatic N) is 2. The van der Waals surface area contributed by atoms with Crippen LogP contribution in [0, 0.1) is 0 Å². The van der Waals surface area contributed by atoms with Crippen LogP contribution in [0.3, 0.4) is 0 Å². The second kappa shape index (κ2) is 7.78. The number of halogens is 3. The number of carbonyl (C=O) groups is 1. The van der Waals surface area contributed by atoms with Crippen LogP contribution in [0.2, 0.25) is 0 Å². The maximum Gasteiger partial charge on any atom is 0.416 e. The highest BCUT2D eigenvalue weighted by Crippen LogP contribution is 2.38. The van der Waals surface area contributed by atoms with E-state index in [0.717, 1.165) is 12.1 Å². The first-order chi connectivity index (χ1) is 14.3. The highest BCUT2D eigenvalue weighted by molar-refractivity contribution is 6.05. The normalized spacial score (nSPS) is 12.3. The molecule has 0 radical (unpaired) electrons. The van der Waals surface area contributed by atoms with Gasteiger partial charge in [-0.05, 0) is 56.3 Å². The summed E-state index contributed by atoms with van der Waals surface area (Å²) in [4.78, 5) is 12.5. The molecule has 0 spiro atoms. The Hall–Kier alpha value is -3.24. The quantitative estimate of drug-likeness (QED) is 0.364. The molecule has 7 nitrogen and oxygen atoms in total. The van der Waals surface area contributed by atoms with E-state index in [2.05, 4.69) is 5.32 Å². The van der Waals surface area contributed by atoms with Gasteiger partial charge in [-0.2, -0.15) is 13.2 Å². The van der Waals surface area contributed by atoms with Crippen molar-refractivity contribution in [3.63, 3.8) is 0 Å². The minimum Gasteiger partial charge on any atom is -0.395 e. The van der Waals surface area contributed by atoms with Crippen molar-refractivity contribution in [1.29, 1.82) is 0 Å². The zero-order chi connectivity index (χ0) is 23.1. The molecule has 0 aliphatic carbocycles. The molecule has 31 heavy (non-hydrogen) atoms. The fourth-order valence-electron chi connectivity index (χ4n) is 3.25. The number of nitrogen functional groups attached to an aromatic ring is 1. The third kappa shape index (κ3) is 4.59. The summed E-state index contributed by atoms with van der Waals surface area (Å²) >= 11 is 0. The Balaban J connectivity index is 2.10. The first-order valence-corrected chi connectivity index (χ1v) is 9.40. The number of nitrogens with one attached hydrogen (secondary N) is 1. The molecule has 0 saturated carbocycles. The van der Waals surface area contributed by atoms with E-state index < -0.39 is 23.2 Å². The van der Waals surface area contributed by atoms with Crippen molar-refractivity contribution >= 4 is 28.3 Å². The maximum absolute atomic E-state index is 12.9. The van der Waals surface area contributed by atoms with Crippen LogP contribution in [-0.2, 0) is 6.18 Å². The van der Waals surface area contributed by atoms with Gasteiger partial charge in [-0.15, -0.1) is 0 Å². The first-order valence-electron chi connectivity index (χ1n) is 9.40. The lowest BCUT2D eigenvalue weighted by Gasteiger charge is -2.18. The van der Waals surface area contributed by atoms with E-state index in [1.54, 1.807) is 43.7 Å². The second-order valence-electron chi connectivity index (χ2n) is 7.96. The number of fused-ring (bicyclic) bond motifs is 1. The van der Waals surface area contributed by atoms with Crippen molar-refractivity contribution in [2.75, 3.05) is 24.3 Å². The number of aliphatic hydroxyl groups is 1. The van der Waals surface area contributed by atoms with Gasteiger partial charge in [0.25, 0.3) is 5.91 Å². The molecule has 6 N–H and O–H groups in total. The van der Waals surface area contributed by atoms with E-state index in [0.29, 0.717) is 28.0 Å². The van der Waals surface area contributed by atoms with Gasteiger partial charge in [0.2, 0.25) is 0 Å². The summed E-state index contributed by atoms with van der Waals surface area (Å²) in [5.41, 5.74) is 6.05. The van der Waals surface area contributed by atoms with Crippen molar-refractivity contribution in [2.45, 2.75) is 25.6 Å². The molecule has 3 aromatic rings. The number of alkyl halides is 3. The van der Waals surface area contributed by atoms with Crippen LogP contribution in [-0.4, -0.2) is 34.8 Å². The average molecular weight is 435 g/mol. The number of carbonyl (C=O) groups excluding carboxylic acids is 1. The van der Waals surface area contributed by atoms with Gasteiger partial charge >= 0.3 is 6.18 Å². The van der Waals surface area contributed by atoms with E-state index in [1.807, 2.05) is 0 Å². The molecule has 1 aromatic heterocycles. The Morgan fingerprint density at radius 1 is 1.16 bits per heavy atom. The SMILES string of the molecule is CN(N)c1c(N)c2cc(C(=O)NCC(C)(C)O)ccc2n1-c1ccc(C(F)(F)F)cc1. The predicted molar refractivity (Wildman–Crippen MR) is 114 cm³/mol. The fourth-order valence-corrected chi connectivity index (χ4v) is 3.25. The number of benzene rings is 2. The highest BCUT2D eigenvalue weighted by atomic mass is 19.4. The molecule has 0 aliphatic rings. The molecule has 1 heterocycles. The van der Waals surface area contributed by atoms with Crippen molar-refractivity contribution in [3.8, 4) is 5.69 Å². The maximum atomic E-state index is 12.9. The van der Waals surface area contributed by atoms with Gasteiger partial charge in [-0.3, -0.25) is 14.4 Å². The monoisotopic (exact) mass is 435 g/mol. The average Bonchev–Trinajstić information content (AvgIpc) is 2.97. The summed E-state index contributed by atoms with van der Waals surface area (Å²) < 4.78 is 40.4. The van der Waals surface area contributed by atoms with E-state index in [1.165, 1.54) is 17.1 Å². The molecule has 0 unspecified atom stereocenters. The Morgan fingerprint density at radius 2 is 1.77 bits per heavy atom. The van der Waals surface area contributed by atoms with Crippen molar-refractivity contribution in [2.24, 2.45) is 5.84 Å². The summed E-state index contributed by atoms with van der Waals surface area (Å²) in [5.74, 6) is 5.92. The van der Waals surface area contributed by atoms with Crippen molar-refractivity contribution in [3.05, 3.63) is 53.6 Å². The van der Waals surface area contributed by atoms with Crippen LogP contribution in [0.25, 0.3) is 16.6 Å². The zero-order valence-electron chi connectivity index (χ0n) is 17.3. The second-order valence-corrected chi connectivity index (χ2v) is 7.96. The lowest BCUT2D eigenvalue weighted by Crippen LogP contribution is -2.38. The summed E-state index contributed by atoms with van der Waals surface area (Å²) in [5, 5.41) is 14.2. The standard InChI is InChI=1S/C21H24F3N5O2/c1-20(2,31)11-27-18(30)12-4-9-16-15(10-12)17(25)19(28(3)26)29(16)14-7-5-13(6-8-14)21(22,23)24/h4-10,31H,11,25-26H2,1-3H3,(H,27,30). The van der Waals surface area contributed by atoms with Crippen molar-refractivity contribution < 1.29 is 23.1 Å². The molecule has 10 heteroatoms. The summed E-state index contributed by atoms with van der Waals surface area (Å²) in [7, 11) is 1.56. The highest BCUT2D eigenvalue weighted by Gasteiger charge is 2.30. The number of nitrogens with two attached hydrogens (primary N) is 2. The minimum atomic E-state index is -4.45. The molecule has 0 saturated heterocycles. The minimum absolute atomic E-state index is 0.0582. The van der Waals surface area contributed by atoms with Crippen LogP contribution in [0.15, 0.2) is 42.5 Å². The van der Waals surface area contributed by atoms with E-state index in [9.17, 15) is 23.1 Å². The number of hydrogen-bond donors (Lipinski definition) is 4. The lowest BCUT2D eigenvalue weighted by atomic mass is 10.1. The molecular formula is C21H24F3N5O2. The molecule has 1 amide bonds. The Kier molecular flexibility index (Phi) is 5.64. The van der Waals surface area contributed by atoms with Crippen LogP contribution in [0.4, 0.5) is 24.7 Å². The van der Waals surface area contributed by atoms with Crippen LogP contribution in [0.5, 0.6) is 0 Å². The molecule has 2 aromatic carbocycles. The van der Waals surface area contributed by atoms with E-state index >= 15 is 0 Å². The summed E-state index contributed by atoms with van der Waals surface area (Å²) in [6.45, 7) is 3.20. The molecule has 0 bridgehead atoms. The largest absolute Gasteiger partial charge is 0.416 e. The number of hydrazine groups is 1. The van der Waals surface area contributed by atoms with Gasteiger partial charge in [0.15, 0.2) is 5.82 Å². The third-order valence-corrected chi connectivity index (χ3v) is 4.71. The Labute approximate surface area is 177 Å². The Bertz CT molecular complexity index is 1110. The topological polar surface area (TPSA) is 110 Å². The molecular weight excluding hydrogens is 411 g/mol. The fraction of sp³-hybridized carbons (Fsp3) is 0.286. The third-order valence-electron chi connectivity index (χ3n) is 4.71. The van der Waals surface area contributed by atoms with Gasteiger partial charge in [-0.25, -0.2) is 5.84 Å². The smallest absolute Gasteiger partial charge is 0.395 e. The number of amides is 1. The van der Waals surface area contributed by atoms with Gasteiger partial charge in [0.1, 0.15) is 0 Å². The predicted octanol–water partition coefficient (Wildman–Crippen LogP) is 3.04. The molecule has 3 rings (SSSR count).